The highest BCUT2D eigenvalue weighted by Crippen LogP contribution is 2.28. The van der Waals surface area contributed by atoms with Crippen molar-refractivity contribution in [2.75, 3.05) is 11.4 Å². The van der Waals surface area contributed by atoms with Crippen molar-refractivity contribution in [3.63, 3.8) is 0 Å². The molecule has 1 aromatic rings. The first-order valence-corrected chi connectivity index (χ1v) is 5.74. The third-order valence-electron chi connectivity index (χ3n) is 1.91. The molecule has 0 aromatic carbocycles. The molecule has 0 spiro atoms. The number of hydrogen-bond donors (Lipinski definition) is 0. The quantitative estimate of drug-likeness (QED) is 0.728. The molecule has 1 fully saturated rings. The van der Waals surface area contributed by atoms with Crippen LogP contribution in [-0.2, 0) is 4.79 Å². The highest BCUT2D eigenvalue weighted by Gasteiger charge is 2.30. The van der Waals surface area contributed by atoms with Gasteiger partial charge in [0.25, 0.3) is 0 Å². The number of amides is 1. The average molecular weight is 272 g/mol. The average Bonchev–Trinajstić information content (AvgIpc) is 2.71. The fraction of sp³-hybridized carbons (Fsp3) is 0.375. The van der Waals surface area contributed by atoms with E-state index in [0.717, 1.165) is 0 Å². The van der Waals surface area contributed by atoms with Crippen LogP contribution in [0.3, 0.4) is 0 Å². The molecule has 1 unspecified atom stereocenters. The second-order valence-corrected chi connectivity index (χ2v) is 5.23. The Morgan fingerprint density at radius 1 is 1.79 bits per heavy atom. The number of hydrogen-bond acceptors (Lipinski definition) is 4. The molecule has 2 heterocycles. The van der Waals surface area contributed by atoms with E-state index >= 15 is 0 Å². The van der Waals surface area contributed by atoms with Crippen LogP contribution in [0.5, 0.6) is 0 Å². The van der Waals surface area contributed by atoms with Gasteiger partial charge in [-0.15, -0.1) is 0 Å². The predicted octanol–water partition coefficient (Wildman–Crippen LogP) is 1.51. The second kappa shape index (κ2) is 3.67. The minimum Gasteiger partial charge on any atom is -0.287 e. The van der Waals surface area contributed by atoms with E-state index in [1.54, 1.807) is 4.90 Å². The molecule has 0 N–H and O–H groups in total. The molecule has 1 amide bonds. The number of rotatable bonds is 1. The van der Waals surface area contributed by atoms with E-state index < -0.39 is 0 Å². The molecule has 1 aliphatic heterocycles. The molecule has 1 atom stereocenters. The van der Waals surface area contributed by atoms with Crippen molar-refractivity contribution in [3.8, 4) is 6.07 Å². The summed E-state index contributed by atoms with van der Waals surface area (Å²) in [7, 11) is 0. The maximum Gasteiger partial charge on any atom is 0.230 e. The van der Waals surface area contributed by atoms with Gasteiger partial charge in [0.2, 0.25) is 5.91 Å². The minimum atomic E-state index is 0.0608. The van der Waals surface area contributed by atoms with Gasteiger partial charge >= 0.3 is 0 Å². The number of nitriles is 1. The van der Waals surface area contributed by atoms with E-state index in [2.05, 4.69) is 20.9 Å². The van der Waals surface area contributed by atoms with E-state index in [1.807, 2.05) is 6.07 Å². The summed E-state index contributed by atoms with van der Waals surface area (Å²) >= 11 is 4.64. The Hall–Kier alpha value is -0.930. The van der Waals surface area contributed by atoms with E-state index in [4.69, 9.17) is 5.26 Å². The molecule has 14 heavy (non-hydrogen) atoms. The maximum absolute atomic E-state index is 11.5. The van der Waals surface area contributed by atoms with Gasteiger partial charge in [0.1, 0.15) is 10.9 Å². The number of halogens is 1. The monoisotopic (exact) mass is 271 g/mol. The zero-order valence-electron chi connectivity index (χ0n) is 7.11. The summed E-state index contributed by atoms with van der Waals surface area (Å²) in [5.41, 5.74) is 0. The third kappa shape index (κ3) is 1.65. The summed E-state index contributed by atoms with van der Waals surface area (Å²) in [5, 5.41) is 9.24. The van der Waals surface area contributed by atoms with Crippen molar-refractivity contribution in [2.45, 2.75) is 11.2 Å². The van der Waals surface area contributed by atoms with Crippen LogP contribution in [0.2, 0.25) is 0 Å². The van der Waals surface area contributed by atoms with Crippen LogP contribution in [0.15, 0.2) is 6.20 Å². The first kappa shape index (κ1) is 9.62. The molecule has 0 aliphatic carbocycles. The van der Waals surface area contributed by atoms with Crippen molar-refractivity contribution in [1.82, 2.24) is 4.98 Å². The van der Waals surface area contributed by atoms with E-state index in [9.17, 15) is 4.79 Å². The fourth-order valence-electron chi connectivity index (χ4n) is 1.29. The topological polar surface area (TPSA) is 57.0 Å². The first-order chi connectivity index (χ1) is 6.70. The zero-order valence-corrected chi connectivity index (χ0v) is 9.51. The number of aromatic nitrogens is 1. The third-order valence-corrected chi connectivity index (χ3v) is 3.45. The van der Waals surface area contributed by atoms with Gasteiger partial charge in [-0.3, -0.25) is 9.69 Å². The molecule has 6 heteroatoms. The van der Waals surface area contributed by atoms with Crippen molar-refractivity contribution in [3.05, 3.63) is 11.1 Å². The van der Waals surface area contributed by atoms with Crippen molar-refractivity contribution in [2.24, 2.45) is 0 Å². The van der Waals surface area contributed by atoms with Crippen LogP contribution in [-0.4, -0.2) is 22.3 Å². The molecule has 0 bridgehead atoms. The fourth-order valence-corrected chi connectivity index (χ4v) is 2.60. The Kier molecular flexibility index (Phi) is 2.52. The van der Waals surface area contributed by atoms with Gasteiger partial charge in [-0.1, -0.05) is 27.3 Å². The lowest BCUT2D eigenvalue weighted by molar-refractivity contribution is -0.117. The summed E-state index contributed by atoms with van der Waals surface area (Å²) in [6, 6.07) is 2.00. The van der Waals surface area contributed by atoms with E-state index in [-0.39, 0.29) is 10.7 Å². The summed E-state index contributed by atoms with van der Waals surface area (Å²) in [5.74, 6) is 0.0608. The number of thiazole rings is 1. The molecule has 72 valence electrons. The van der Waals surface area contributed by atoms with E-state index in [0.29, 0.717) is 23.0 Å². The second-order valence-electron chi connectivity index (χ2n) is 2.92. The first-order valence-electron chi connectivity index (χ1n) is 4.01. The van der Waals surface area contributed by atoms with Gasteiger partial charge in [0, 0.05) is 17.8 Å². The van der Waals surface area contributed by atoms with Crippen LogP contribution < -0.4 is 4.90 Å². The minimum absolute atomic E-state index is 0.0608. The Bertz CT molecular complexity index is 411. The molecule has 1 aliphatic rings. The normalized spacial score (nSPS) is 21.3. The summed E-state index contributed by atoms with van der Waals surface area (Å²) in [4.78, 5) is 17.8. The maximum atomic E-state index is 11.5. The number of nitrogens with zero attached hydrogens (tertiary/aromatic N) is 3. The highest BCUT2D eigenvalue weighted by molar-refractivity contribution is 9.09. The lowest BCUT2D eigenvalue weighted by Gasteiger charge is -2.10. The number of anilines is 1. The Morgan fingerprint density at radius 3 is 3.07 bits per heavy atom. The summed E-state index contributed by atoms with van der Waals surface area (Å²) < 4.78 is 0. The van der Waals surface area contributed by atoms with Gasteiger partial charge in [0.05, 0.1) is 6.20 Å². The van der Waals surface area contributed by atoms with Gasteiger partial charge in [-0.05, 0) is 0 Å². The molecule has 4 nitrogen and oxygen atoms in total. The number of alkyl halides is 1. The van der Waals surface area contributed by atoms with Crippen LogP contribution in [0.4, 0.5) is 5.13 Å². The van der Waals surface area contributed by atoms with Crippen LogP contribution in [0.25, 0.3) is 0 Å². The van der Waals surface area contributed by atoms with Crippen LogP contribution >= 0.6 is 27.3 Å². The Balaban J connectivity index is 2.24. The largest absolute Gasteiger partial charge is 0.287 e. The van der Waals surface area contributed by atoms with E-state index in [1.165, 1.54) is 17.5 Å². The molecule has 1 saturated heterocycles. The molecular weight excluding hydrogens is 266 g/mol. The smallest absolute Gasteiger partial charge is 0.230 e. The molecule has 0 radical (unpaired) electrons. The highest BCUT2D eigenvalue weighted by atomic mass is 79.9. The zero-order chi connectivity index (χ0) is 10.1. The van der Waals surface area contributed by atoms with Gasteiger partial charge < -0.3 is 0 Å². The van der Waals surface area contributed by atoms with Crippen LogP contribution in [0, 0.1) is 11.3 Å². The van der Waals surface area contributed by atoms with Gasteiger partial charge in [-0.2, -0.15) is 5.26 Å². The Labute approximate surface area is 93.3 Å². The van der Waals surface area contributed by atoms with Crippen molar-refractivity contribution < 1.29 is 4.79 Å². The van der Waals surface area contributed by atoms with Crippen LogP contribution in [0.1, 0.15) is 11.3 Å². The standard InChI is InChI=1S/C8H6BrN3OS/c9-5-1-7(13)12(4-5)8-11-3-6(2-10)14-8/h3,5H,1,4H2. The van der Waals surface area contributed by atoms with Gasteiger partial charge in [-0.25, -0.2) is 4.98 Å². The lowest BCUT2D eigenvalue weighted by atomic mass is 10.4. The predicted molar refractivity (Wildman–Crippen MR) is 56.5 cm³/mol. The lowest BCUT2D eigenvalue weighted by Crippen LogP contribution is -2.24. The van der Waals surface area contributed by atoms with Gasteiger partial charge in [0.15, 0.2) is 5.13 Å². The molecular formula is C8H6BrN3OS. The molecule has 2 rings (SSSR count). The Morgan fingerprint density at radius 2 is 2.57 bits per heavy atom. The number of carbonyl (C=O) groups excluding carboxylic acids is 1. The van der Waals surface area contributed by atoms with Crippen molar-refractivity contribution in [1.29, 1.82) is 5.26 Å². The SMILES string of the molecule is N#Cc1cnc(N2CC(Br)CC2=O)s1. The molecule has 1 aromatic heterocycles. The summed E-state index contributed by atoms with van der Waals surface area (Å²) in [6.07, 6.45) is 2.00. The molecule has 0 saturated carbocycles. The van der Waals surface area contributed by atoms with Crippen molar-refractivity contribution >= 4 is 38.3 Å². The summed E-state index contributed by atoms with van der Waals surface area (Å²) in [6.45, 7) is 0.636. The number of carbonyl (C=O) groups is 1.